The van der Waals surface area contributed by atoms with Crippen molar-refractivity contribution in [3.05, 3.63) is 0 Å². The molecule has 1 rings (SSSR count). The van der Waals surface area contributed by atoms with Crippen molar-refractivity contribution in [2.45, 2.75) is 194 Å². The molecule has 4 N–H and O–H groups in total. The molecule has 1 aliphatic rings. The van der Waals surface area contributed by atoms with Crippen LogP contribution in [-0.2, 0) is 0 Å². The Morgan fingerprint density at radius 3 is 1.05 bits per heavy atom. The summed E-state index contributed by atoms with van der Waals surface area (Å²) >= 11 is 0. The van der Waals surface area contributed by atoms with Gasteiger partial charge in [-0.15, -0.1) is 0 Å². The summed E-state index contributed by atoms with van der Waals surface area (Å²) in [4.78, 5) is 0. The smallest absolute Gasteiger partial charge is 0.00773 e. The summed E-state index contributed by atoms with van der Waals surface area (Å²) in [5.41, 5.74) is 11.3. The van der Waals surface area contributed by atoms with Gasteiger partial charge < -0.3 is 11.5 Å². The fraction of sp³-hybridized carbons (Fsp3) is 1.00. The average molecular weight is 535 g/mol. The zero-order valence-electron chi connectivity index (χ0n) is 26.7. The Hall–Kier alpha value is -0.0800. The van der Waals surface area contributed by atoms with Crippen molar-refractivity contribution in [1.82, 2.24) is 0 Å². The van der Waals surface area contributed by atoms with Gasteiger partial charge >= 0.3 is 0 Å². The fourth-order valence-electron chi connectivity index (χ4n) is 7.65. The summed E-state index contributed by atoms with van der Waals surface area (Å²) in [7, 11) is 0. The molecule has 4 atom stereocenters. The van der Waals surface area contributed by atoms with Crippen molar-refractivity contribution in [3.63, 3.8) is 0 Å². The maximum atomic E-state index is 5.68. The van der Waals surface area contributed by atoms with E-state index in [1.165, 1.54) is 161 Å². The topological polar surface area (TPSA) is 52.0 Å². The van der Waals surface area contributed by atoms with Gasteiger partial charge in [0.25, 0.3) is 0 Å². The monoisotopic (exact) mass is 535 g/mol. The quantitative estimate of drug-likeness (QED) is 0.0980. The Morgan fingerprint density at radius 2 is 0.658 bits per heavy atom. The summed E-state index contributed by atoms with van der Waals surface area (Å²) in [5, 5.41) is 0. The van der Waals surface area contributed by atoms with Crippen LogP contribution in [0.1, 0.15) is 194 Å². The van der Waals surface area contributed by atoms with Crippen LogP contribution < -0.4 is 11.5 Å². The summed E-state index contributed by atoms with van der Waals surface area (Å²) in [6.45, 7) is 6.47. The van der Waals surface area contributed by atoms with Crippen molar-refractivity contribution < 1.29 is 0 Å². The molecule has 0 saturated heterocycles. The van der Waals surface area contributed by atoms with Crippen molar-refractivity contribution in [3.8, 4) is 0 Å². The molecule has 1 aliphatic carbocycles. The van der Waals surface area contributed by atoms with Crippen molar-refractivity contribution in [1.29, 1.82) is 0 Å². The van der Waals surface area contributed by atoms with Gasteiger partial charge in [0.2, 0.25) is 0 Å². The van der Waals surface area contributed by atoms with Gasteiger partial charge in [0.05, 0.1) is 0 Å². The van der Waals surface area contributed by atoms with Crippen LogP contribution in [0.5, 0.6) is 0 Å². The Balaban J connectivity index is 2.64. The fourth-order valence-corrected chi connectivity index (χ4v) is 7.65. The highest BCUT2D eigenvalue weighted by Gasteiger charge is 2.37. The second-order valence-electron chi connectivity index (χ2n) is 13.2. The van der Waals surface area contributed by atoms with Gasteiger partial charge in [-0.3, -0.25) is 0 Å². The van der Waals surface area contributed by atoms with Gasteiger partial charge in [0, 0.05) is 0 Å². The minimum atomic E-state index is 0.872. The average Bonchev–Trinajstić information content (AvgIpc) is 2.93. The Bertz CT molecular complexity index is 464. The molecule has 0 aromatic rings. The maximum absolute atomic E-state index is 5.68. The van der Waals surface area contributed by atoms with Gasteiger partial charge in [0.1, 0.15) is 0 Å². The predicted octanol–water partition coefficient (Wildman–Crippen LogP) is 11.3. The van der Waals surface area contributed by atoms with Crippen LogP contribution in [-0.4, -0.2) is 13.1 Å². The first-order chi connectivity index (χ1) is 18.8. The van der Waals surface area contributed by atoms with E-state index in [0.29, 0.717) is 0 Å². The van der Waals surface area contributed by atoms with E-state index in [1.54, 1.807) is 19.3 Å². The van der Waals surface area contributed by atoms with Crippen LogP contribution in [0.15, 0.2) is 0 Å². The maximum Gasteiger partial charge on any atom is -0.00773 e. The van der Waals surface area contributed by atoms with Gasteiger partial charge in [-0.05, 0) is 75.3 Å². The lowest BCUT2D eigenvalue weighted by molar-refractivity contribution is 0.0581. The van der Waals surface area contributed by atoms with Crippen LogP contribution in [0.3, 0.4) is 0 Å². The standard InChI is InChI=1S/C36H74N2/c1-3-5-7-14-21-27-35-33(25-19-6-4-2)29-30-34(26-20-15-10-8-12-17-23-31-37)36(35)28-22-16-11-9-13-18-24-32-38/h33-36H,3-32,37-38H2,1-2H3. The van der Waals surface area contributed by atoms with E-state index < -0.39 is 0 Å². The van der Waals surface area contributed by atoms with E-state index in [4.69, 9.17) is 11.5 Å². The molecule has 1 fully saturated rings. The van der Waals surface area contributed by atoms with E-state index in [9.17, 15) is 0 Å². The molecule has 228 valence electrons. The molecule has 0 radical (unpaired) electrons. The molecule has 0 aliphatic heterocycles. The molecule has 4 unspecified atom stereocenters. The van der Waals surface area contributed by atoms with Gasteiger partial charge in [0.15, 0.2) is 0 Å². The largest absolute Gasteiger partial charge is 0.330 e. The number of rotatable bonds is 28. The summed E-state index contributed by atoms with van der Waals surface area (Å²) in [6.07, 6.45) is 40.4. The number of hydrogen-bond donors (Lipinski definition) is 2. The van der Waals surface area contributed by atoms with Gasteiger partial charge in [-0.25, -0.2) is 0 Å². The molecule has 0 amide bonds. The second-order valence-corrected chi connectivity index (χ2v) is 13.2. The number of hydrogen-bond acceptors (Lipinski definition) is 2. The predicted molar refractivity (Wildman–Crippen MR) is 173 cm³/mol. The molecule has 1 saturated carbocycles. The van der Waals surface area contributed by atoms with Crippen LogP contribution in [0.4, 0.5) is 0 Å². The molecule has 0 bridgehead atoms. The third kappa shape index (κ3) is 18.3. The van der Waals surface area contributed by atoms with Crippen molar-refractivity contribution in [2.24, 2.45) is 35.1 Å². The van der Waals surface area contributed by atoms with Crippen molar-refractivity contribution in [2.75, 3.05) is 13.1 Å². The lowest BCUT2D eigenvalue weighted by atomic mass is 9.61. The summed E-state index contributed by atoms with van der Waals surface area (Å²) < 4.78 is 0. The lowest BCUT2D eigenvalue weighted by Crippen LogP contribution is -2.35. The van der Waals surface area contributed by atoms with Gasteiger partial charge in [-0.2, -0.15) is 0 Å². The van der Waals surface area contributed by atoms with E-state index in [1.807, 2.05) is 0 Å². The lowest BCUT2D eigenvalue weighted by Gasteiger charge is -2.44. The zero-order chi connectivity index (χ0) is 27.5. The third-order valence-electron chi connectivity index (χ3n) is 10.0. The summed E-state index contributed by atoms with van der Waals surface area (Å²) in [6, 6.07) is 0. The first-order valence-electron chi connectivity index (χ1n) is 18.2. The van der Waals surface area contributed by atoms with Crippen LogP contribution in [0.2, 0.25) is 0 Å². The molecule has 2 heteroatoms. The minimum absolute atomic E-state index is 0.872. The number of unbranched alkanes of at least 4 members (excludes halogenated alkanes) is 18. The first kappa shape index (κ1) is 35.9. The van der Waals surface area contributed by atoms with Crippen LogP contribution in [0, 0.1) is 23.7 Å². The molecule has 2 nitrogen and oxygen atoms in total. The first-order valence-corrected chi connectivity index (χ1v) is 18.2. The van der Waals surface area contributed by atoms with E-state index in [0.717, 1.165) is 36.8 Å². The Kier molecular flexibility index (Phi) is 25.6. The molecule has 38 heavy (non-hydrogen) atoms. The van der Waals surface area contributed by atoms with E-state index >= 15 is 0 Å². The third-order valence-corrected chi connectivity index (χ3v) is 10.0. The molecule has 0 aromatic heterocycles. The molecule has 0 heterocycles. The molecule has 0 spiro atoms. The zero-order valence-corrected chi connectivity index (χ0v) is 26.7. The Labute approximate surface area is 241 Å². The van der Waals surface area contributed by atoms with Crippen LogP contribution in [0.25, 0.3) is 0 Å². The van der Waals surface area contributed by atoms with E-state index in [-0.39, 0.29) is 0 Å². The highest BCUT2D eigenvalue weighted by atomic mass is 14.5. The van der Waals surface area contributed by atoms with Crippen LogP contribution >= 0.6 is 0 Å². The summed E-state index contributed by atoms with van der Waals surface area (Å²) in [5.74, 6) is 4.13. The number of nitrogens with two attached hydrogens (primary N) is 2. The van der Waals surface area contributed by atoms with Crippen molar-refractivity contribution >= 4 is 0 Å². The van der Waals surface area contributed by atoms with Gasteiger partial charge in [-0.1, -0.05) is 155 Å². The normalized spacial score (nSPS) is 21.8. The minimum Gasteiger partial charge on any atom is -0.330 e. The molecular formula is C36H74N2. The molecular weight excluding hydrogens is 460 g/mol. The Morgan fingerprint density at radius 1 is 0.368 bits per heavy atom. The van der Waals surface area contributed by atoms with E-state index in [2.05, 4.69) is 13.8 Å². The molecule has 0 aromatic carbocycles. The highest BCUT2D eigenvalue weighted by molar-refractivity contribution is 4.88. The second kappa shape index (κ2) is 27.1. The SMILES string of the molecule is CCCCCCCC1C(CCCCC)CCC(CCCCCCCCCN)C1CCCCCCCCCN. The highest BCUT2D eigenvalue weighted by Crippen LogP contribution is 2.47.